The summed E-state index contributed by atoms with van der Waals surface area (Å²) in [5, 5.41) is 0. The van der Waals surface area contributed by atoms with Crippen molar-refractivity contribution in [1.82, 2.24) is 0 Å². The molecule has 0 bridgehead atoms. The van der Waals surface area contributed by atoms with Crippen molar-refractivity contribution >= 4 is 0 Å². The highest BCUT2D eigenvalue weighted by atomic mass is 19.2. The second-order valence-electron chi connectivity index (χ2n) is 5.81. The predicted octanol–water partition coefficient (Wildman–Crippen LogP) is 4.58. The molecular weight excluding hydrogens is 281 g/mol. The standard InChI is InChI=1S/C16H21F3O2/c1-5-16(4)9(2)12(8-20-16)11-6-7-13(18)14(19)15(11)21-10(3)17/h6-7,9-10,12H,5,8H2,1-4H3/t9-,10?,12-,16+/m1/s1. The van der Waals surface area contributed by atoms with Gasteiger partial charge in [-0.05, 0) is 25.3 Å². The first-order chi connectivity index (χ1) is 9.80. The Balaban J connectivity index is 2.43. The molecule has 1 heterocycles. The maximum Gasteiger partial charge on any atom is 0.236 e. The number of alkyl halides is 1. The van der Waals surface area contributed by atoms with Crippen LogP contribution in [0.2, 0.25) is 0 Å². The molecule has 2 nitrogen and oxygen atoms in total. The first-order valence-electron chi connectivity index (χ1n) is 7.22. The Morgan fingerprint density at radius 1 is 1.43 bits per heavy atom. The lowest BCUT2D eigenvalue weighted by molar-refractivity contribution is -0.00444. The van der Waals surface area contributed by atoms with Gasteiger partial charge < -0.3 is 9.47 Å². The molecule has 4 atom stereocenters. The van der Waals surface area contributed by atoms with Gasteiger partial charge in [-0.15, -0.1) is 0 Å². The molecule has 5 heteroatoms. The number of ether oxygens (including phenoxy) is 2. The fraction of sp³-hybridized carbons (Fsp3) is 0.625. The van der Waals surface area contributed by atoms with E-state index in [1.165, 1.54) is 6.07 Å². The minimum atomic E-state index is -1.71. The molecule has 1 aromatic carbocycles. The molecule has 21 heavy (non-hydrogen) atoms. The van der Waals surface area contributed by atoms with Crippen molar-refractivity contribution in [1.29, 1.82) is 0 Å². The van der Waals surface area contributed by atoms with Crippen LogP contribution in [-0.4, -0.2) is 18.6 Å². The zero-order valence-corrected chi connectivity index (χ0v) is 12.8. The van der Waals surface area contributed by atoms with E-state index < -0.39 is 18.0 Å². The molecule has 2 rings (SSSR count). The minimum absolute atomic E-state index is 0.0876. The van der Waals surface area contributed by atoms with Gasteiger partial charge in [-0.1, -0.05) is 19.9 Å². The summed E-state index contributed by atoms with van der Waals surface area (Å²) in [5.74, 6) is -2.59. The average Bonchev–Trinajstić information content (AvgIpc) is 2.73. The summed E-state index contributed by atoms with van der Waals surface area (Å²) in [7, 11) is 0. The second-order valence-corrected chi connectivity index (χ2v) is 5.81. The molecule has 0 spiro atoms. The van der Waals surface area contributed by atoms with E-state index in [0.717, 1.165) is 19.4 Å². The molecule has 1 unspecified atom stereocenters. The molecular formula is C16H21F3O2. The normalized spacial score (nSPS) is 30.4. The van der Waals surface area contributed by atoms with E-state index in [4.69, 9.17) is 9.47 Å². The molecule has 0 aliphatic carbocycles. The van der Waals surface area contributed by atoms with Gasteiger partial charge in [0.05, 0.1) is 12.2 Å². The summed E-state index contributed by atoms with van der Waals surface area (Å²) in [5.41, 5.74) is 0.136. The summed E-state index contributed by atoms with van der Waals surface area (Å²) in [6.45, 7) is 7.54. The fourth-order valence-electron chi connectivity index (χ4n) is 2.89. The van der Waals surface area contributed by atoms with Crippen molar-refractivity contribution in [2.45, 2.75) is 52.0 Å². The van der Waals surface area contributed by atoms with E-state index in [1.54, 1.807) is 0 Å². The van der Waals surface area contributed by atoms with Crippen molar-refractivity contribution in [2.75, 3.05) is 6.61 Å². The van der Waals surface area contributed by atoms with Crippen LogP contribution in [0.25, 0.3) is 0 Å². The maximum atomic E-state index is 14.0. The Morgan fingerprint density at radius 3 is 2.62 bits per heavy atom. The van der Waals surface area contributed by atoms with Crippen molar-refractivity contribution in [2.24, 2.45) is 5.92 Å². The Kier molecular flexibility index (Phi) is 4.51. The van der Waals surface area contributed by atoms with Crippen LogP contribution in [0.1, 0.15) is 45.6 Å². The molecule has 0 N–H and O–H groups in total. The number of rotatable bonds is 4. The van der Waals surface area contributed by atoms with Gasteiger partial charge in [-0.25, -0.2) is 8.78 Å². The van der Waals surface area contributed by atoms with Crippen molar-refractivity contribution in [3.05, 3.63) is 29.3 Å². The molecule has 0 radical (unpaired) electrons. The van der Waals surface area contributed by atoms with Gasteiger partial charge in [0.2, 0.25) is 12.2 Å². The molecule has 1 saturated heterocycles. The molecule has 0 aromatic heterocycles. The highest BCUT2D eigenvalue weighted by molar-refractivity contribution is 5.40. The smallest absolute Gasteiger partial charge is 0.236 e. The molecule has 1 aromatic rings. The third-order valence-electron chi connectivity index (χ3n) is 4.62. The third kappa shape index (κ3) is 2.89. The molecule has 1 aliphatic heterocycles. The summed E-state index contributed by atoms with van der Waals surface area (Å²) >= 11 is 0. The zero-order chi connectivity index (χ0) is 15.8. The Hall–Kier alpha value is -1.23. The van der Waals surface area contributed by atoms with Crippen LogP contribution < -0.4 is 4.74 Å². The first-order valence-corrected chi connectivity index (χ1v) is 7.22. The number of hydrogen-bond donors (Lipinski definition) is 0. The minimum Gasteiger partial charge on any atom is -0.457 e. The lowest BCUT2D eigenvalue weighted by atomic mass is 9.78. The molecule has 118 valence electrons. The van der Waals surface area contributed by atoms with Gasteiger partial charge in [0.1, 0.15) is 0 Å². The van der Waals surface area contributed by atoms with Crippen LogP contribution in [-0.2, 0) is 4.74 Å². The SMILES string of the molecule is CC[C@]1(C)OC[C@@H](c2ccc(F)c(F)c2OC(C)F)[C@H]1C. The van der Waals surface area contributed by atoms with Gasteiger partial charge in [-0.3, -0.25) is 0 Å². The largest absolute Gasteiger partial charge is 0.457 e. The van der Waals surface area contributed by atoms with Gasteiger partial charge >= 0.3 is 0 Å². The van der Waals surface area contributed by atoms with Crippen LogP contribution in [0.4, 0.5) is 13.2 Å². The van der Waals surface area contributed by atoms with E-state index in [-0.39, 0.29) is 23.2 Å². The second kappa shape index (κ2) is 5.87. The van der Waals surface area contributed by atoms with Gasteiger partial charge in [-0.2, -0.15) is 4.39 Å². The Morgan fingerprint density at radius 2 is 2.10 bits per heavy atom. The molecule has 1 fully saturated rings. The highest BCUT2D eigenvalue weighted by Crippen LogP contribution is 2.46. The van der Waals surface area contributed by atoms with Gasteiger partial charge in [0.15, 0.2) is 11.6 Å². The molecule has 0 amide bonds. The quantitative estimate of drug-likeness (QED) is 0.810. The van der Waals surface area contributed by atoms with Gasteiger partial charge in [0, 0.05) is 18.4 Å². The zero-order valence-electron chi connectivity index (χ0n) is 12.8. The Labute approximate surface area is 123 Å². The predicted molar refractivity (Wildman–Crippen MR) is 74.1 cm³/mol. The van der Waals surface area contributed by atoms with E-state index in [9.17, 15) is 13.2 Å². The maximum absolute atomic E-state index is 14.0. The monoisotopic (exact) mass is 302 g/mol. The average molecular weight is 302 g/mol. The Bertz CT molecular complexity index is 518. The molecule has 1 aliphatic rings. The van der Waals surface area contributed by atoms with Gasteiger partial charge in [0.25, 0.3) is 0 Å². The van der Waals surface area contributed by atoms with E-state index in [1.807, 2.05) is 20.8 Å². The van der Waals surface area contributed by atoms with Crippen molar-refractivity contribution in [3.63, 3.8) is 0 Å². The summed E-state index contributed by atoms with van der Waals surface area (Å²) < 4.78 is 51.2. The topological polar surface area (TPSA) is 18.5 Å². The van der Waals surface area contributed by atoms with Crippen molar-refractivity contribution < 1.29 is 22.6 Å². The number of benzene rings is 1. The van der Waals surface area contributed by atoms with Crippen LogP contribution in [0.5, 0.6) is 5.75 Å². The summed E-state index contributed by atoms with van der Waals surface area (Å²) in [6.07, 6.45) is -0.903. The highest BCUT2D eigenvalue weighted by Gasteiger charge is 2.44. The lowest BCUT2D eigenvalue weighted by Crippen LogP contribution is -2.30. The van der Waals surface area contributed by atoms with E-state index in [0.29, 0.717) is 12.2 Å². The lowest BCUT2D eigenvalue weighted by Gasteiger charge is -2.29. The number of hydrogen-bond acceptors (Lipinski definition) is 2. The van der Waals surface area contributed by atoms with Crippen molar-refractivity contribution in [3.8, 4) is 5.75 Å². The summed E-state index contributed by atoms with van der Waals surface area (Å²) in [6, 6.07) is 2.51. The van der Waals surface area contributed by atoms with E-state index >= 15 is 0 Å². The first kappa shape index (κ1) is 16.1. The molecule has 0 saturated carbocycles. The number of halogens is 3. The van der Waals surface area contributed by atoms with Crippen LogP contribution in [0, 0.1) is 17.6 Å². The van der Waals surface area contributed by atoms with E-state index in [2.05, 4.69) is 0 Å². The third-order valence-corrected chi connectivity index (χ3v) is 4.62. The van der Waals surface area contributed by atoms with Crippen LogP contribution in [0.15, 0.2) is 12.1 Å². The fourth-order valence-corrected chi connectivity index (χ4v) is 2.89. The summed E-state index contributed by atoms with van der Waals surface area (Å²) in [4.78, 5) is 0. The van der Waals surface area contributed by atoms with Crippen LogP contribution >= 0.6 is 0 Å². The van der Waals surface area contributed by atoms with Crippen LogP contribution in [0.3, 0.4) is 0 Å².